The molecule has 1 heterocycles. The van der Waals surface area contributed by atoms with Gasteiger partial charge in [-0.2, -0.15) is 13.2 Å². The van der Waals surface area contributed by atoms with Crippen molar-refractivity contribution in [2.24, 2.45) is 4.99 Å². The normalized spacial score (nSPS) is 17.5. The highest BCUT2D eigenvalue weighted by Gasteiger charge is 2.33. The van der Waals surface area contributed by atoms with E-state index in [0.717, 1.165) is 18.2 Å². The minimum absolute atomic E-state index is 0.0239. The number of nitrogens with one attached hydrogen (secondary N) is 2. The smallest absolute Gasteiger partial charge is 0.433 e. The Kier molecular flexibility index (Phi) is 7.22. The van der Waals surface area contributed by atoms with Crippen molar-refractivity contribution >= 4 is 28.5 Å². The van der Waals surface area contributed by atoms with Gasteiger partial charge in [-0.3, -0.25) is 15.2 Å². The van der Waals surface area contributed by atoms with Crippen LogP contribution in [0.4, 0.5) is 13.2 Å². The minimum Gasteiger partial charge on any atom is -0.617 e. The van der Waals surface area contributed by atoms with Crippen LogP contribution in [-0.2, 0) is 17.4 Å². The van der Waals surface area contributed by atoms with E-state index in [9.17, 15) is 27.6 Å². The molecule has 1 amide bonds. The Morgan fingerprint density at radius 3 is 2.57 bits per heavy atom. The van der Waals surface area contributed by atoms with Gasteiger partial charge >= 0.3 is 6.18 Å². The zero-order valence-electron chi connectivity index (χ0n) is 16.5. The Balaban J connectivity index is 2.36. The monoisotopic (exact) mass is 442 g/mol. The van der Waals surface area contributed by atoms with E-state index in [1.54, 1.807) is 0 Å². The van der Waals surface area contributed by atoms with Crippen LogP contribution in [0.15, 0.2) is 46.6 Å². The molecule has 1 aliphatic carbocycles. The molecule has 3 N–H and O–H groups in total. The summed E-state index contributed by atoms with van der Waals surface area (Å²) in [5.41, 5.74) is -2.69. The van der Waals surface area contributed by atoms with Crippen LogP contribution < -0.4 is 5.32 Å². The molecular weight excluding hydrogens is 421 g/mol. The second kappa shape index (κ2) is 9.11. The molecule has 1 aliphatic rings. The van der Waals surface area contributed by atoms with Crippen molar-refractivity contribution in [2.45, 2.75) is 25.6 Å². The summed E-state index contributed by atoms with van der Waals surface area (Å²) in [4.78, 5) is 20.1. The van der Waals surface area contributed by atoms with Crippen molar-refractivity contribution in [1.29, 1.82) is 5.41 Å². The summed E-state index contributed by atoms with van der Waals surface area (Å²) in [5.74, 6) is -0.632. The summed E-state index contributed by atoms with van der Waals surface area (Å²) < 4.78 is 49.8. The van der Waals surface area contributed by atoms with Gasteiger partial charge in [-0.15, -0.1) is 0 Å². The van der Waals surface area contributed by atoms with Gasteiger partial charge in [0.2, 0.25) is 0 Å². The molecule has 2 rings (SSSR count). The first-order valence-corrected chi connectivity index (χ1v) is 10.5. The first-order valence-electron chi connectivity index (χ1n) is 8.74. The average molecular weight is 442 g/mol. The second-order valence-electron chi connectivity index (χ2n) is 6.99. The zero-order chi connectivity index (χ0) is 22.7. The van der Waals surface area contributed by atoms with Gasteiger partial charge in [-0.1, -0.05) is 17.2 Å². The number of hydrogen-bond acceptors (Lipinski definition) is 6. The number of nitrogens with zero attached hydrogens (tertiary/aromatic N) is 2. The first-order chi connectivity index (χ1) is 13.8. The number of allylic oxidation sites excluding steroid dienone is 2. The molecule has 1 unspecified atom stereocenters. The number of halogens is 3. The Morgan fingerprint density at radius 1 is 1.33 bits per heavy atom. The van der Waals surface area contributed by atoms with Crippen LogP contribution in [0.5, 0.6) is 0 Å². The zero-order valence-corrected chi connectivity index (χ0v) is 17.3. The fraction of sp³-hybridized carbons (Fsp3) is 0.368. The Labute approximate surface area is 174 Å². The lowest BCUT2D eigenvalue weighted by Gasteiger charge is -2.27. The van der Waals surface area contributed by atoms with Crippen molar-refractivity contribution in [3.8, 4) is 0 Å². The Bertz CT molecular complexity index is 932. The second-order valence-corrected chi connectivity index (χ2v) is 8.55. The van der Waals surface area contributed by atoms with E-state index in [0.29, 0.717) is 0 Å². The average Bonchev–Trinajstić information content (AvgIpc) is 2.62. The molecule has 0 bridgehead atoms. The van der Waals surface area contributed by atoms with Gasteiger partial charge in [-0.25, -0.2) is 4.98 Å². The van der Waals surface area contributed by atoms with Crippen molar-refractivity contribution in [2.75, 3.05) is 18.6 Å². The van der Waals surface area contributed by atoms with Crippen molar-refractivity contribution in [3.63, 3.8) is 0 Å². The number of alkyl halides is 3. The predicted molar refractivity (Wildman–Crippen MR) is 108 cm³/mol. The maximum Gasteiger partial charge on any atom is 0.433 e. The van der Waals surface area contributed by atoms with E-state index in [4.69, 9.17) is 5.41 Å². The van der Waals surface area contributed by atoms with Crippen LogP contribution in [-0.4, -0.2) is 56.1 Å². The van der Waals surface area contributed by atoms with Crippen LogP contribution in [0.25, 0.3) is 0 Å². The molecule has 0 spiro atoms. The maximum absolute atomic E-state index is 12.9. The Hall–Kier alpha value is -2.50. The van der Waals surface area contributed by atoms with Gasteiger partial charge in [0.05, 0.1) is 29.8 Å². The summed E-state index contributed by atoms with van der Waals surface area (Å²) in [7, 11) is 0. The van der Waals surface area contributed by atoms with E-state index in [1.165, 1.54) is 32.3 Å². The fourth-order valence-corrected chi connectivity index (χ4v) is 2.88. The highest BCUT2D eigenvalue weighted by molar-refractivity contribution is 7.90. The molecule has 0 radical (unpaired) electrons. The number of amides is 1. The SMILES string of the molecule is C[S+]([O-])CC/N=C1\C=C(NC(=O)c2cccc(C(F)(F)F)n2)C(C(C)(C)O)=CC1=N. The third kappa shape index (κ3) is 6.25. The molecule has 11 heteroatoms. The summed E-state index contributed by atoms with van der Waals surface area (Å²) in [5, 5.41) is 20.9. The van der Waals surface area contributed by atoms with Gasteiger partial charge in [0.1, 0.15) is 17.1 Å². The van der Waals surface area contributed by atoms with Gasteiger partial charge in [-0.05, 0) is 38.1 Å². The maximum atomic E-state index is 12.9. The first kappa shape index (κ1) is 23.8. The number of aliphatic imine (C=N–C) groups is 1. The summed E-state index contributed by atoms with van der Waals surface area (Å²) >= 11 is -1.08. The molecular formula is C19H21F3N4O3S. The van der Waals surface area contributed by atoms with E-state index >= 15 is 0 Å². The van der Waals surface area contributed by atoms with Crippen molar-refractivity contribution in [1.82, 2.24) is 10.3 Å². The molecule has 1 aromatic heterocycles. The number of pyridine rings is 1. The molecule has 0 aromatic carbocycles. The summed E-state index contributed by atoms with van der Waals surface area (Å²) in [6, 6.07) is 2.96. The largest absolute Gasteiger partial charge is 0.617 e. The van der Waals surface area contributed by atoms with E-state index < -0.39 is 40.2 Å². The molecule has 1 atom stereocenters. The molecule has 0 saturated heterocycles. The Morgan fingerprint density at radius 2 is 2.00 bits per heavy atom. The number of carbonyl (C=O) groups excluding carboxylic acids is 1. The fourth-order valence-electron chi connectivity index (χ4n) is 2.53. The quantitative estimate of drug-likeness (QED) is 0.462. The minimum atomic E-state index is -4.70. The van der Waals surface area contributed by atoms with Crippen molar-refractivity contribution in [3.05, 3.63) is 53.0 Å². The van der Waals surface area contributed by atoms with E-state index in [2.05, 4.69) is 15.3 Å². The molecule has 0 fully saturated rings. The lowest BCUT2D eigenvalue weighted by molar-refractivity contribution is -0.141. The van der Waals surface area contributed by atoms with Gasteiger partial charge < -0.3 is 15.0 Å². The third-order valence-electron chi connectivity index (χ3n) is 3.98. The van der Waals surface area contributed by atoms with Gasteiger partial charge in [0.25, 0.3) is 5.91 Å². The highest BCUT2D eigenvalue weighted by Crippen LogP contribution is 2.28. The molecule has 0 saturated carbocycles. The predicted octanol–water partition coefficient (Wildman–Crippen LogP) is 2.26. The standard InChI is InChI=1S/C19H21F3N4O3S/c1-18(2,28)11-9-12(23)15(24-7-8-30(3)29)10-14(11)26-17(27)13-5-4-6-16(25-13)19(20,21)22/h4-6,9-10,23,28H,7-8H2,1-3H3,(H,26,27)/b23-12?,24-15+. The van der Waals surface area contributed by atoms with E-state index in [-0.39, 0.29) is 35.0 Å². The lowest BCUT2D eigenvalue weighted by atomic mass is 9.88. The topological polar surface area (TPSA) is 121 Å². The summed E-state index contributed by atoms with van der Waals surface area (Å²) in [6.07, 6.45) is -0.522. The number of aromatic nitrogens is 1. The van der Waals surface area contributed by atoms with Gasteiger partial charge in [0.15, 0.2) is 0 Å². The van der Waals surface area contributed by atoms with Crippen LogP contribution in [0.2, 0.25) is 0 Å². The number of carbonyl (C=O) groups is 1. The summed E-state index contributed by atoms with van der Waals surface area (Å²) in [6.45, 7) is 3.06. The van der Waals surface area contributed by atoms with Crippen LogP contribution in [0, 0.1) is 5.41 Å². The van der Waals surface area contributed by atoms with Crippen LogP contribution in [0.3, 0.4) is 0 Å². The highest BCUT2D eigenvalue weighted by atomic mass is 32.2. The molecule has 0 aliphatic heterocycles. The lowest BCUT2D eigenvalue weighted by Crippen LogP contribution is -2.36. The number of hydrogen-bond donors (Lipinski definition) is 3. The van der Waals surface area contributed by atoms with Crippen molar-refractivity contribution < 1.29 is 27.6 Å². The van der Waals surface area contributed by atoms with Crippen LogP contribution in [0.1, 0.15) is 30.0 Å². The molecule has 1 aromatic rings. The van der Waals surface area contributed by atoms with Gasteiger partial charge in [0, 0.05) is 11.3 Å². The third-order valence-corrected chi connectivity index (χ3v) is 4.73. The van der Waals surface area contributed by atoms with E-state index in [1.807, 2.05) is 0 Å². The molecule has 30 heavy (non-hydrogen) atoms. The number of rotatable bonds is 6. The van der Waals surface area contributed by atoms with Crippen LogP contribution >= 0.6 is 0 Å². The number of aliphatic hydroxyl groups is 1. The molecule has 7 nitrogen and oxygen atoms in total. The molecule has 162 valence electrons.